The quantitative estimate of drug-likeness (QED) is 0.724. The average molecular weight is 463 g/mol. The molecule has 0 spiro atoms. The van der Waals surface area contributed by atoms with Gasteiger partial charge in [0, 0.05) is 25.2 Å². The molecule has 0 bridgehead atoms. The lowest BCUT2D eigenvalue weighted by atomic mass is 9.90. The van der Waals surface area contributed by atoms with E-state index in [2.05, 4.69) is 28.5 Å². The van der Waals surface area contributed by atoms with Crippen LogP contribution in [0.25, 0.3) is 0 Å². The molecule has 0 aliphatic heterocycles. The van der Waals surface area contributed by atoms with Gasteiger partial charge >= 0.3 is 6.03 Å². The van der Waals surface area contributed by atoms with Gasteiger partial charge in [0.15, 0.2) is 14.9 Å². The number of anilines is 1. The first kappa shape index (κ1) is 21.8. The van der Waals surface area contributed by atoms with Crippen molar-refractivity contribution in [3.05, 3.63) is 33.7 Å². The fourth-order valence-electron chi connectivity index (χ4n) is 4.12. The van der Waals surface area contributed by atoms with E-state index in [1.807, 2.05) is 0 Å². The zero-order valence-corrected chi connectivity index (χ0v) is 19.7. The number of hydrogen-bond donors (Lipinski definition) is 2. The van der Waals surface area contributed by atoms with Gasteiger partial charge in [0.2, 0.25) is 0 Å². The third kappa shape index (κ3) is 3.97. The molecule has 1 atom stereocenters. The average Bonchev–Trinajstić information content (AvgIpc) is 3.40. The van der Waals surface area contributed by atoms with E-state index < -0.39 is 15.9 Å². The number of thiazole rings is 1. The van der Waals surface area contributed by atoms with Crippen molar-refractivity contribution in [2.45, 2.75) is 55.6 Å². The number of hydrogen-bond acceptors (Lipinski definition) is 6. The first-order chi connectivity index (χ1) is 14.5. The molecule has 2 aromatic rings. The van der Waals surface area contributed by atoms with Crippen molar-refractivity contribution in [1.29, 1.82) is 0 Å². The second-order valence-corrected chi connectivity index (χ2v) is 11.8. The van der Waals surface area contributed by atoms with E-state index in [1.165, 1.54) is 11.1 Å². The lowest BCUT2D eigenvalue weighted by Gasteiger charge is -2.20. The molecule has 3 N–H and O–H groups in total. The molecule has 0 saturated heterocycles. The lowest BCUT2D eigenvalue weighted by Crippen LogP contribution is -2.21. The summed E-state index contributed by atoms with van der Waals surface area (Å²) in [6, 6.07) is -0.770. The highest BCUT2D eigenvalue weighted by Gasteiger charge is 2.36. The Labute approximate surface area is 185 Å². The van der Waals surface area contributed by atoms with Crippen LogP contribution in [0.1, 0.15) is 59.0 Å². The van der Waals surface area contributed by atoms with Crippen molar-refractivity contribution in [3.63, 3.8) is 0 Å². The summed E-state index contributed by atoms with van der Waals surface area (Å²) in [5, 5.41) is 8.88. The van der Waals surface area contributed by atoms with Gasteiger partial charge in [-0.1, -0.05) is 25.2 Å². The number of pyridine rings is 1. The van der Waals surface area contributed by atoms with Crippen LogP contribution >= 0.6 is 11.3 Å². The molecule has 0 saturated carbocycles. The van der Waals surface area contributed by atoms with Gasteiger partial charge in [-0.2, -0.15) is 0 Å². The largest absolute Gasteiger partial charge is 0.354 e. The normalized spacial score (nSPS) is 18.1. The Kier molecular flexibility index (Phi) is 5.39. The maximum Gasteiger partial charge on any atom is 0.354 e. The van der Waals surface area contributed by atoms with Crippen molar-refractivity contribution in [2.24, 2.45) is 9.50 Å². The summed E-state index contributed by atoms with van der Waals surface area (Å²) in [6.07, 6.45) is 5.73. The van der Waals surface area contributed by atoms with E-state index in [4.69, 9.17) is 10.1 Å². The van der Waals surface area contributed by atoms with Gasteiger partial charge in [0.25, 0.3) is 5.91 Å². The number of fused-ring (bicyclic) bond motifs is 2. The fourth-order valence-corrected chi connectivity index (χ4v) is 6.20. The number of rotatable bonds is 3. The van der Waals surface area contributed by atoms with Gasteiger partial charge in [-0.25, -0.2) is 19.1 Å². The summed E-state index contributed by atoms with van der Waals surface area (Å²) in [5.41, 5.74) is 4.82. The third-order valence-electron chi connectivity index (χ3n) is 5.78. The topological polar surface area (TPSA) is 131 Å². The van der Waals surface area contributed by atoms with Crippen LogP contribution in [0.15, 0.2) is 14.8 Å². The summed E-state index contributed by atoms with van der Waals surface area (Å²) in [4.78, 5) is 35.0. The second kappa shape index (κ2) is 7.64. The molecule has 2 heterocycles. The number of nitrogens with two attached hydrogens (primary N) is 1. The van der Waals surface area contributed by atoms with Crippen molar-refractivity contribution < 1.29 is 13.8 Å². The summed E-state index contributed by atoms with van der Waals surface area (Å²) < 4.78 is 16.8. The molecule has 0 aromatic carbocycles. The molecule has 9 nitrogen and oxygen atoms in total. The molecule has 2 aliphatic carbocycles. The van der Waals surface area contributed by atoms with Crippen molar-refractivity contribution in [3.8, 4) is 0 Å². The molecule has 11 heteroatoms. The Morgan fingerprint density at radius 3 is 2.71 bits per heavy atom. The lowest BCUT2D eigenvalue weighted by molar-refractivity contribution is 0.0827. The van der Waals surface area contributed by atoms with Crippen molar-refractivity contribution >= 4 is 38.9 Å². The van der Waals surface area contributed by atoms with E-state index in [0.29, 0.717) is 0 Å². The Bertz CT molecular complexity index is 1210. The fraction of sp³-hybridized carbons (Fsp3) is 0.500. The van der Waals surface area contributed by atoms with Gasteiger partial charge < -0.3 is 10.2 Å². The van der Waals surface area contributed by atoms with Crippen LogP contribution in [0, 0.1) is 0 Å². The van der Waals surface area contributed by atoms with E-state index in [9.17, 15) is 13.8 Å². The molecule has 3 amide bonds. The summed E-state index contributed by atoms with van der Waals surface area (Å²) in [7, 11) is -0.354. The predicted octanol–water partition coefficient (Wildman–Crippen LogP) is 2.89. The molecule has 0 fully saturated rings. The minimum atomic E-state index is -3.54. The summed E-state index contributed by atoms with van der Waals surface area (Å²) in [5.74, 6) is -0.332. The number of amides is 3. The van der Waals surface area contributed by atoms with Crippen molar-refractivity contribution in [2.75, 3.05) is 19.4 Å². The highest BCUT2D eigenvalue weighted by Crippen LogP contribution is 2.44. The van der Waals surface area contributed by atoms with Gasteiger partial charge in [-0.3, -0.25) is 9.78 Å². The van der Waals surface area contributed by atoms with Gasteiger partial charge in [0.1, 0.15) is 4.21 Å². The third-order valence-corrected chi connectivity index (χ3v) is 8.64. The molecule has 2 aliphatic rings. The number of urea groups is 1. The Morgan fingerprint density at radius 2 is 2.00 bits per heavy atom. The second-order valence-electron chi connectivity index (χ2n) is 8.75. The molecule has 1 unspecified atom stereocenters. The van der Waals surface area contributed by atoms with Gasteiger partial charge in [0.05, 0.1) is 17.6 Å². The summed E-state index contributed by atoms with van der Waals surface area (Å²) in [6.45, 7) is 4.32. The molecule has 0 radical (unpaired) electrons. The molecular weight excluding hydrogens is 436 g/mol. The maximum atomic E-state index is 12.9. The van der Waals surface area contributed by atoms with E-state index >= 15 is 0 Å². The number of nitrogens with one attached hydrogen (secondary N) is 1. The minimum Gasteiger partial charge on any atom is -0.343 e. The zero-order chi connectivity index (χ0) is 22.6. The molecule has 2 aromatic heterocycles. The monoisotopic (exact) mass is 462 g/mol. The molecule has 4 rings (SSSR count). The Balaban J connectivity index is 1.66. The van der Waals surface area contributed by atoms with Gasteiger partial charge in [-0.05, 0) is 43.2 Å². The van der Waals surface area contributed by atoms with E-state index in [-0.39, 0.29) is 20.5 Å². The van der Waals surface area contributed by atoms with Crippen LogP contribution in [-0.4, -0.2) is 45.1 Å². The number of carbonyl (C=O) groups is 2. The highest BCUT2D eigenvalue weighted by atomic mass is 32.2. The maximum absolute atomic E-state index is 12.9. The molecule has 31 heavy (non-hydrogen) atoms. The number of aromatic nitrogens is 2. The van der Waals surface area contributed by atoms with Crippen LogP contribution in [0.3, 0.4) is 0 Å². The van der Waals surface area contributed by atoms with Crippen LogP contribution < -0.4 is 10.5 Å². The van der Waals surface area contributed by atoms with Crippen LogP contribution in [0.5, 0.6) is 0 Å². The van der Waals surface area contributed by atoms with Gasteiger partial charge in [-0.15, -0.1) is 4.36 Å². The number of carbonyl (C=O) groups excluding carboxylic acids is 2. The smallest absolute Gasteiger partial charge is 0.343 e. The van der Waals surface area contributed by atoms with E-state index in [1.54, 1.807) is 14.1 Å². The zero-order valence-electron chi connectivity index (χ0n) is 18.0. The minimum absolute atomic E-state index is 0.0526. The summed E-state index contributed by atoms with van der Waals surface area (Å²) >= 11 is 0.878. The predicted molar refractivity (Wildman–Crippen MR) is 120 cm³/mol. The standard InChI is InChI=1S/C20H26N6O3S2/c1-20(2)9-8-12-15(11-6-5-7-13(11)23-16(12)20)24-19(28)25-31(21,29)14-10-22-17(30-14)18(27)26(3)4/h10H,5-9H2,1-4H3,(H3,21,23,24,25,28,29). The molecule has 166 valence electrons. The number of nitrogens with zero attached hydrogens (tertiary/aromatic N) is 4. The SMILES string of the molecule is CN(C)C(=O)c1ncc(S(N)(=O)=NC(=O)Nc2c3c(nc4c2CCC4(C)C)CCC3)s1. The van der Waals surface area contributed by atoms with Crippen molar-refractivity contribution in [1.82, 2.24) is 14.9 Å². The molecular formula is C20H26N6O3S2. The van der Waals surface area contributed by atoms with Crippen LogP contribution in [0.4, 0.5) is 10.5 Å². The highest BCUT2D eigenvalue weighted by molar-refractivity contribution is 7.93. The Hall–Kier alpha value is -2.37. The van der Waals surface area contributed by atoms with Crippen LogP contribution in [-0.2, 0) is 34.6 Å². The van der Waals surface area contributed by atoms with Crippen LogP contribution in [0.2, 0.25) is 0 Å². The Morgan fingerprint density at radius 1 is 1.26 bits per heavy atom. The first-order valence-corrected chi connectivity index (χ1v) is 12.5. The first-order valence-electron chi connectivity index (χ1n) is 10.1. The van der Waals surface area contributed by atoms with E-state index in [0.717, 1.165) is 71.6 Å². The number of aryl methyl sites for hydroxylation is 1.